The molecule has 0 aromatic heterocycles. The van der Waals surface area contributed by atoms with Crippen LogP contribution in [0.5, 0.6) is 0 Å². The number of piperidine rings is 1. The van der Waals surface area contributed by atoms with Gasteiger partial charge in [-0.1, -0.05) is 19.3 Å². The van der Waals surface area contributed by atoms with Gasteiger partial charge in [0, 0.05) is 6.54 Å². The largest absolute Gasteiger partial charge is 0.465 e. The summed E-state index contributed by atoms with van der Waals surface area (Å²) in [6.45, 7) is 4.45. The van der Waals surface area contributed by atoms with Crippen molar-refractivity contribution in [3.05, 3.63) is 0 Å². The van der Waals surface area contributed by atoms with E-state index in [0.717, 1.165) is 38.3 Å². The van der Waals surface area contributed by atoms with Crippen LogP contribution in [0.4, 0.5) is 0 Å². The van der Waals surface area contributed by atoms with E-state index in [9.17, 15) is 4.79 Å². The summed E-state index contributed by atoms with van der Waals surface area (Å²) in [5.41, 5.74) is -0.280. The zero-order valence-corrected chi connectivity index (χ0v) is 10.3. The maximum absolute atomic E-state index is 11.9. The fraction of sp³-hybridized carbons (Fsp3) is 0.923. The SMILES string of the molecule is CC1(C(=O)OCCC2CCC2)CCCNC1. The maximum atomic E-state index is 11.9. The minimum atomic E-state index is -0.280. The minimum Gasteiger partial charge on any atom is -0.465 e. The fourth-order valence-electron chi connectivity index (χ4n) is 2.50. The summed E-state index contributed by atoms with van der Waals surface area (Å²) in [4.78, 5) is 11.9. The van der Waals surface area contributed by atoms with Crippen molar-refractivity contribution in [3.63, 3.8) is 0 Å². The molecular formula is C13H23NO2. The third-order valence-electron chi connectivity index (χ3n) is 4.07. The molecule has 3 nitrogen and oxygen atoms in total. The van der Waals surface area contributed by atoms with Crippen LogP contribution in [0.25, 0.3) is 0 Å². The van der Waals surface area contributed by atoms with Crippen molar-refractivity contribution in [3.8, 4) is 0 Å². The van der Waals surface area contributed by atoms with Gasteiger partial charge in [-0.25, -0.2) is 0 Å². The first-order chi connectivity index (χ1) is 7.71. The van der Waals surface area contributed by atoms with Crippen molar-refractivity contribution in [1.82, 2.24) is 5.32 Å². The highest BCUT2D eigenvalue weighted by molar-refractivity contribution is 5.76. The summed E-state index contributed by atoms with van der Waals surface area (Å²) in [6, 6.07) is 0. The number of rotatable bonds is 4. The Balaban J connectivity index is 1.69. The van der Waals surface area contributed by atoms with Crippen molar-refractivity contribution in [2.75, 3.05) is 19.7 Å². The molecule has 0 aromatic carbocycles. The van der Waals surface area contributed by atoms with Gasteiger partial charge >= 0.3 is 5.97 Å². The van der Waals surface area contributed by atoms with E-state index in [2.05, 4.69) is 5.32 Å². The van der Waals surface area contributed by atoms with E-state index < -0.39 is 0 Å². The van der Waals surface area contributed by atoms with E-state index in [1.54, 1.807) is 0 Å². The first-order valence-electron chi connectivity index (χ1n) is 6.59. The van der Waals surface area contributed by atoms with E-state index >= 15 is 0 Å². The molecule has 3 heteroatoms. The zero-order chi connectivity index (χ0) is 11.4. The van der Waals surface area contributed by atoms with E-state index in [-0.39, 0.29) is 11.4 Å². The van der Waals surface area contributed by atoms with Crippen LogP contribution < -0.4 is 5.32 Å². The standard InChI is InChI=1S/C13H23NO2/c1-13(7-3-8-14-10-13)12(15)16-9-6-11-4-2-5-11/h11,14H,2-10H2,1H3. The van der Waals surface area contributed by atoms with Gasteiger partial charge in [-0.05, 0) is 38.6 Å². The quantitative estimate of drug-likeness (QED) is 0.745. The molecule has 1 saturated heterocycles. The van der Waals surface area contributed by atoms with Gasteiger partial charge in [0.05, 0.1) is 12.0 Å². The summed E-state index contributed by atoms with van der Waals surface area (Å²) in [5, 5.41) is 3.28. The van der Waals surface area contributed by atoms with Gasteiger partial charge in [0.15, 0.2) is 0 Å². The van der Waals surface area contributed by atoms with Crippen molar-refractivity contribution in [1.29, 1.82) is 0 Å². The summed E-state index contributed by atoms with van der Waals surface area (Å²) >= 11 is 0. The fourth-order valence-corrected chi connectivity index (χ4v) is 2.50. The van der Waals surface area contributed by atoms with Gasteiger partial charge in [-0.2, -0.15) is 0 Å². The molecule has 16 heavy (non-hydrogen) atoms. The highest BCUT2D eigenvalue weighted by Crippen LogP contribution is 2.30. The Bertz CT molecular complexity index is 242. The lowest BCUT2D eigenvalue weighted by Crippen LogP contribution is -2.44. The van der Waals surface area contributed by atoms with Crippen LogP contribution in [0.3, 0.4) is 0 Å². The lowest BCUT2D eigenvalue weighted by atomic mass is 9.82. The molecule has 2 aliphatic rings. The summed E-state index contributed by atoms with van der Waals surface area (Å²) < 4.78 is 5.41. The molecule has 0 spiro atoms. The van der Waals surface area contributed by atoms with Crippen molar-refractivity contribution < 1.29 is 9.53 Å². The Morgan fingerprint density at radius 3 is 2.81 bits per heavy atom. The predicted octanol–water partition coefficient (Wildman–Crippen LogP) is 2.11. The average molecular weight is 225 g/mol. The lowest BCUT2D eigenvalue weighted by molar-refractivity contribution is -0.156. The Morgan fingerprint density at radius 2 is 2.25 bits per heavy atom. The van der Waals surface area contributed by atoms with Crippen molar-refractivity contribution in [2.24, 2.45) is 11.3 Å². The number of ether oxygens (including phenoxy) is 1. The molecule has 2 rings (SSSR count). The normalized spacial score (nSPS) is 30.8. The smallest absolute Gasteiger partial charge is 0.313 e. The van der Waals surface area contributed by atoms with E-state index in [4.69, 9.17) is 4.74 Å². The van der Waals surface area contributed by atoms with Crippen LogP contribution >= 0.6 is 0 Å². The topological polar surface area (TPSA) is 38.3 Å². The van der Waals surface area contributed by atoms with Gasteiger partial charge in [-0.15, -0.1) is 0 Å². The van der Waals surface area contributed by atoms with Crippen LogP contribution in [0.15, 0.2) is 0 Å². The second-order valence-electron chi connectivity index (χ2n) is 5.56. The zero-order valence-electron chi connectivity index (χ0n) is 10.3. The lowest BCUT2D eigenvalue weighted by Gasteiger charge is -2.32. The third-order valence-corrected chi connectivity index (χ3v) is 4.07. The number of esters is 1. The van der Waals surface area contributed by atoms with Crippen LogP contribution in [0, 0.1) is 11.3 Å². The molecule has 1 N–H and O–H groups in total. The molecule has 2 fully saturated rings. The Kier molecular flexibility index (Phi) is 3.85. The van der Waals surface area contributed by atoms with Crippen LogP contribution in [-0.2, 0) is 9.53 Å². The van der Waals surface area contributed by atoms with Gasteiger partial charge < -0.3 is 10.1 Å². The molecule has 0 amide bonds. The van der Waals surface area contributed by atoms with E-state index in [1.165, 1.54) is 19.3 Å². The number of carbonyl (C=O) groups is 1. The molecule has 0 aromatic rings. The van der Waals surface area contributed by atoms with Gasteiger partial charge in [0.1, 0.15) is 0 Å². The van der Waals surface area contributed by atoms with Crippen molar-refractivity contribution in [2.45, 2.75) is 45.4 Å². The summed E-state index contributed by atoms with van der Waals surface area (Å²) in [6.07, 6.45) is 7.12. The first kappa shape index (κ1) is 11.9. The number of hydrogen-bond acceptors (Lipinski definition) is 3. The highest BCUT2D eigenvalue weighted by atomic mass is 16.5. The predicted molar refractivity (Wildman–Crippen MR) is 63.1 cm³/mol. The maximum Gasteiger partial charge on any atom is 0.313 e. The molecule has 1 atom stereocenters. The van der Waals surface area contributed by atoms with E-state index in [0.29, 0.717) is 6.61 Å². The second-order valence-corrected chi connectivity index (χ2v) is 5.56. The molecule has 92 valence electrons. The van der Waals surface area contributed by atoms with Gasteiger partial charge in [0.25, 0.3) is 0 Å². The van der Waals surface area contributed by atoms with Gasteiger partial charge in [-0.3, -0.25) is 4.79 Å². The highest BCUT2D eigenvalue weighted by Gasteiger charge is 2.36. The Hall–Kier alpha value is -0.570. The molecule has 0 radical (unpaired) electrons. The molecule has 1 heterocycles. The minimum absolute atomic E-state index is 0.000904. The summed E-state index contributed by atoms with van der Waals surface area (Å²) in [7, 11) is 0. The Labute approximate surface area is 97.9 Å². The molecule has 1 aliphatic heterocycles. The van der Waals surface area contributed by atoms with E-state index in [1.807, 2.05) is 6.92 Å². The number of carbonyl (C=O) groups excluding carboxylic acids is 1. The monoisotopic (exact) mass is 225 g/mol. The van der Waals surface area contributed by atoms with Crippen LogP contribution in [0.1, 0.15) is 45.4 Å². The second kappa shape index (κ2) is 5.17. The molecule has 1 aliphatic carbocycles. The van der Waals surface area contributed by atoms with Gasteiger partial charge in [0.2, 0.25) is 0 Å². The average Bonchev–Trinajstić information content (AvgIpc) is 2.22. The third kappa shape index (κ3) is 2.76. The molecule has 1 saturated carbocycles. The first-order valence-corrected chi connectivity index (χ1v) is 6.59. The molecule has 1 unspecified atom stereocenters. The van der Waals surface area contributed by atoms with Crippen LogP contribution in [-0.4, -0.2) is 25.7 Å². The molecular weight excluding hydrogens is 202 g/mol. The number of nitrogens with one attached hydrogen (secondary N) is 1. The Morgan fingerprint density at radius 1 is 1.44 bits per heavy atom. The molecule has 0 bridgehead atoms. The van der Waals surface area contributed by atoms with Crippen molar-refractivity contribution >= 4 is 5.97 Å². The number of hydrogen-bond donors (Lipinski definition) is 1. The van der Waals surface area contributed by atoms with Crippen LogP contribution in [0.2, 0.25) is 0 Å². The summed E-state index contributed by atoms with van der Waals surface area (Å²) in [5.74, 6) is 0.823.